The largest absolute Gasteiger partial charge is 0.468 e. The first-order valence-electron chi connectivity index (χ1n) is 20.3. The van der Waals surface area contributed by atoms with E-state index in [1.54, 1.807) is 0 Å². The number of aryl methyl sites for hydroxylation is 1. The van der Waals surface area contributed by atoms with Crippen LogP contribution in [0.1, 0.15) is 115 Å². The molecule has 4 heterocycles. The van der Waals surface area contributed by atoms with Crippen molar-refractivity contribution in [2.75, 3.05) is 16.6 Å². The Labute approximate surface area is 333 Å². The van der Waals surface area contributed by atoms with Gasteiger partial charge in [-0.25, -0.2) is 0 Å². The van der Waals surface area contributed by atoms with Crippen LogP contribution in [0.15, 0.2) is 83.3 Å². The van der Waals surface area contributed by atoms with E-state index in [1.807, 2.05) is 0 Å². The van der Waals surface area contributed by atoms with Crippen molar-refractivity contribution in [3.63, 3.8) is 0 Å². The monoisotopic (exact) mass is 742 g/mol. The van der Waals surface area contributed by atoms with Crippen LogP contribution >= 0.6 is 0 Å². The lowest BCUT2D eigenvalue weighted by atomic mass is 9.35. The molecule has 56 heavy (non-hydrogen) atoms. The van der Waals surface area contributed by atoms with Gasteiger partial charge in [-0.2, -0.15) is 0 Å². The van der Waals surface area contributed by atoms with E-state index in [0.29, 0.717) is 5.92 Å². The summed E-state index contributed by atoms with van der Waals surface area (Å²) in [5.74, 6) is 1.91. The van der Waals surface area contributed by atoms with Crippen molar-refractivity contribution < 1.29 is 13.9 Å². The molecule has 0 atom stereocenters. The molecule has 0 unspecified atom stereocenters. The fourth-order valence-electron chi connectivity index (χ4n) is 9.10. The molecule has 286 valence electrons. The summed E-state index contributed by atoms with van der Waals surface area (Å²) >= 11 is 0. The fourth-order valence-corrected chi connectivity index (χ4v) is 9.10. The second kappa shape index (κ2) is 12.2. The van der Waals surface area contributed by atoms with Crippen molar-refractivity contribution in [2.45, 2.75) is 112 Å². The van der Waals surface area contributed by atoms with Gasteiger partial charge >= 0.3 is 0 Å². The van der Waals surface area contributed by atoms with Gasteiger partial charge in [0.05, 0.1) is 17.0 Å². The summed E-state index contributed by atoms with van der Waals surface area (Å²) in [4.78, 5) is 5.03. The predicted molar refractivity (Wildman–Crippen MR) is 236 cm³/mol. The number of hydrogen-bond acceptors (Lipinski definition) is 5. The first-order valence-corrected chi connectivity index (χ1v) is 20.3. The highest BCUT2D eigenvalue weighted by atomic mass is 16.7. The zero-order valence-electron chi connectivity index (χ0n) is 35.5. The van der Waals surface area contributed by atoms with Crippen molar-refractivity contribution in [1.82, 2.24) is 0 Å². The molecule has 0 N–H and O–H groups in total. The normalized spacial score (nSPS) is 14.8. The van der Waals surface area contributed by atoms with Crippen LogP contribution in [-0.2, 0) is 16.2 Å². The van der Waals surface area contributed by atoms with Crippen LogP contribution in [0.4, 0.5) is 34.1 Å². The Morgan fingerprint density at radius 3 is 1.88 bits per heavy atom. The van der Waals surface area contributed by atoms with Crippen LogP contribution in [0, 0.1) is 13.8 Å². The minimum Gasteiger partial charge on any atom is -0.468 e. The zero-order valence-corrected chi connectivity index (χ0v) is 35.5. The topological polar surface area (TPSA) is 38.1 Å². The minimum absolute atomic E-state index is 0.0413. The maximum Gasteiger partial charge on any atom is 0.297 e. The van der Waals surface area contributed by atoms with E-state index in [4.69, 9.17) is 13.9 Å². The van der Waals surface area contributed by atoms with Crippen LogP contribution in [0.25, 0.3) is 11.0 Å². The maximum atomic E-state index is 7.27. The van der Waals surface area contributed by atoms with Gasteiger partial charge in [-0.1, -0.05) is 106 Å². The summed E-state index contributed by atoms with van der Waals surface area (Å²) in [7, 11) is 0. The SMILES string of the molecule is Cc1cc2c(c(C)c1N1c3cc(C(C)C)cc4c3B(c3cc(C(C)(C)C)ccc3N4c3ccc(C(C)(C)C)cc3)c3oc4ccc(C(C)(C)C)cc4c31)OCO2. The lowest BCUT2D eigenvalue weighted by Gasteiger charge is -2.44. The van der Waals surface area contributed by atoms with Gasteiger partial charge in [0.1, 0.15) is 5.58 Å². The summed E-state index contributed by atoms with van der Waals surface area (Å²) in [6, 6.07) is 30.2. The molecule has 0 bridgehead atoms. The van der Waals surface area contributed by atoms with E-state index in [2.05, 4.69) is 179 Å². The lowest BCUT2D eigenvalue weighted by Crippen LogP contribution is -2.61. The minimum atomic E-state index is -0.130. The molecule has 0 spiro atoms. The van der Waals surface area contributed by atoms with Crippen molar-refractivity contribution in [1.29, 1.82) is 0 Å². The highest BCUT2D eigenvalue weighted by Gasteiger charge is 2.48. The Hall–Kier alpha value is -5.10. The Kier molecular flexibility index (Phi) is 7.96. The van der Waals surface area contributed by atoms with Gasteiger partial charge in [0.15, 0.2) is 11.5 Å². The lowest BCUT2D eigenvalue weighted by molar-refractivity contribution is 0.173. The van der Waals surface area contributed by atoms with E-state index in [-0.39, 0.29) is 29.8 Å². The van der Waals surface area contributed by atoms with Crippen molar-refractivity contribution in [3.8, 4) is 11.5 Å². The van der Waals surface area contributed by atoms with Gasteiger partial charge in [-0.3, -0.25) is 0 Å². The van der Waals surface area contributed by atoms with Crippen LogP contribution in [-0.4, -0.2) is 13.5 Å². The molecule has 0 saturated heterocycles. The summed E-state index contributed by atoms with van der Waals surface area (Å²) in [6.45, 7) is 29.7. The number of ether oxygens (including phenoxy) is 2. The first kappa shape index (κ1) is 36.5. The second-order valence-corrected chi connectivity index (χ2v) is 19.7. The van der Waals surface area contributed by atoms with Gasteiger partial charge < -0.3 is 23.7 Å². The van der Waals surface area contributed by atoms with Crippen LogP contribution in [0.2, 0.25) is 0 Å². The number of furan rings is 1. The quantitative estimate of drug-likeness (QED) is 0.169. The molecule has 6 heteroatoms. The number of rotatable bonds is 3. The molecule has 3 aliphatic rings. The van der Waals surface area contributed by atoms with E-state index in [0.717, 1.165) is 56.3 Å². The molecular formula is C50H55BN2O3. The smallest absolute Gasteiger partial charge is 0.297 e. The summed E-state index contributed by atoms with van der Waals surface area (Å²) in [5, 5.41) is 1.12. The number of nitrogens with zero attached hydrogens (tertiary/aromatic N) is 2. The average Bonchev–Trinajstić information content (AvgIpc) is 3.75. The summed E-state index contributed by atoms with van der Waals surface area (Å²) in [6.07, 6.45) is 0. The summed E-state index contributed by atoms with van der Waals surface area (Å²) < 4.78 is 19.4. The molecule has 0 saturated carbocycles. The average molecular weight is 743 g/mol. The van der Waals surface area contributed by atoms with Crippen molar-refractivity contribution in [2.24, 2.45) is 0 Å². The molecular weight excluding hydrogens is 687 g/mol. The molecule has 0 fully saturated rings. The molecule has 5 aromatic carbocycles. The number of anilines is 6. The van der Waals surface area contributed by atoms with E-state index in [9.17, 15) is 0 Å². The fraction of sp³-hybridized carbons (Fsp3) is 0.360. The van der Waals surface area contributed by atoms with E-state index in [1.165, 1.54) is 50.2 Å². The highest BCUT2D eigenvalue weighted by Crippen LogP contribution is 2.52. The maximum absolute atomic E-state index is 7.27. The van der Waals surface area contributed by atoms with Crippen LogP contribution < -0.4 is 35.9 Å². The van der Waals surface area contributed by atoms with Crippen molar-refractivity contribution >= 4 is 68.4 Å². The van der Waals surface area contributed by atoms with E-state index < -0.39 is 0 Å². The molecule has 1 aromatic heterocycles. The van der Waals surface area contributed by atoms with Gasteiger partial charge in [0.2, 0.25) is 6.79 Å². The third-order valence-electron chi connectivity index (χ3n) is 12.4. The Morgan fingerprint density at radius 1 is 0.625 bits per heavy atom. The van der Waals surface area contributed by atoms with E-state index >= 15 is 0 Å². The molecule has 3 aliphatic heterocycles. The molecule has 0 amide bonds. The first-order chi connectivity index (χ1) is 26.3. The number of fused-ring (bicyclic) bond motifs is 7. The molecule has 0 aliphatic carbocycles. The van der Waals surface area contributed by atoms with Gasteiger partial charge in [-0.05, 0) is 123 Å². The Bertz CT molecular complexity index is 2580. The third kappa shape index (κ3) is 5.50. The molecule has 5 nitrogen and oxygen atoms in total. The van der Waals surface area contributed by atoms with Gasteiger partial charge in [0, 0.05) is 33.7 Å². The van der Waals surface area contributed by atoms with Crippen LogP contribution in [0.3, 0.4) is 0 Å². The molecule has 9 rings (SSSR count). The predicted octanol–water partition coefficient (Wildman–Crippen LogP) is 11.9. The standard InChI is InChI=1S/C50H55BN2O3/c1-28(2)31-23-39-43-40(24-31)53(44-29(3)22-42-46(30(44)4)55-27-54-42)45-36-25-33(49(8,9)10)17-21-41(36)56-47(45)51(43)37-26-34(50(11,12)13)16-20-38(37)52(39)35-18-14-32(15-19-35)48(5,6)7/h14-26,28H,27H2,1-13H3. The highest BCUT2D eigenvalue weighted by molar-refractivity contribution is 7.00. The second-order valence-electron chi connectivity index (χ2n) is 19.7. The van der Waals surface area contributed by atoms with Crippen molar-refractivity contribution in [3.05, 3.63) is 112 Å². The van der Waals surface area contributed by atoms with Gasteiger partial charge in [-0.15, -0.1) is 0 Å². The zero-order chi connectivity index (χ0) is 39.8. The number of hydrogen-bond donors (Lipinski definition) is 0. The van der Waals surface area contributed by atoms with Gasteiger partial charge in [0.25, 0.3) is 6.71 Å². The molecule has 0 radical (unpaired) electrons. The third-order valence-corrected chi connectivity index (χ3v) is 12.4. The number of benzene rings is 5. The Morgan fingerprint density at radius 2 is 1.23 bits per heavy atom. The Balaban J connectivity index is 1.44. The van der Waals surface area contributed by atoms with Crippen LogP contribution in [0.5, 0.6) is 11.5 Å². The summed E-state index contributed by atoms with van der Waals surface area (Å²) in [5.41, 5.74) is 18.7. The molecule has 6 aromatic rings.